The Bertz CT molecular complexity index is 458. The molecule has 1 rings (SSSR count). The van der Waals surface area contributed by atoms with Crippen LogP contribution in [0.25, 0.3) is 0 Å². The fourth-order valence-electron chi connectivity index (χ4n) is 2.04. The Kier molecular flexibility index (Phi) is 4.05. The van der Waals surface area contributed by atoms with Crippen LogP contribution < -0.4 is 0 Å². The molecule has 1 saturated heterocycles. The van der Waals surface area contributed by atoms with Gasteiger partial charge in [0.15, 0.2) is 9.84 Å². The Morgan fingerprint density at radius 3 is 2.39 bits per heavy atom. The lowest BCUT2D eigenvalue weighted by Crippen LogP contribution is -2.51. The second kappa shape index (κ2) is 4.87. The van der Waals surface area contributed by atoms with E-state index in [1.165, 1.54) is 11.8 Å². The van der Waals surface area contributed by atoms with Crippen LogP contribution >= 0.6 is 0 Å². The minimum atomic E-state index is -3.45. The van der Waals surface area contributed by atoms with Gasteiger partial charge in [0.05, 0.1) is 5.41 Å². The third kappa shape index (κ3) is 3.01. The molecule has 18 heavy (non-hydrogen) atoms. The van der Waals surface area contributed by atoms with E-state index in [-0.39, 0.29) is 6.54 Å². The standard InChI is InChI=1S/C11H19NO5S/c1-8(18(3,16)17)9(13)12-6-4-5-11(2,7-12)10(14)15/h8H,4-7H2,1-3H3,(H,14,15). The van der Waals surface area contributed by atoms with Crippen molar-refractivity contribution in [3.05, 3.63) is 0 Å². The summed E-state index contributed by atoms with van der Waals surface area (Å²) in [6.07, 6.45) is 2.08. The minimum Gasteiger partial charge on any atom is -0.481 e. The number of carboxylic acids is 1. The number of hydrogen-bond acceptors (Lipinski definition) is 4. The van der Waals surface area contributed by atoms with Crippen LogP contribution in [0.2, 0.25) is 0 Å². The first-order chi connectivity index (χ1) is 8.08. The molecule has 2 unspecified atom stereocenters. The monoisotopic (exact) mass is 277 g/mol. The molecule has 1 amide bonds. The second-order valence-corrected chi connectivity index (χ2v) is 7.57. The van der Waals surface area contributed by atoms with Crippen molar-refractivity contribution in [3.63, 3.8) is 0 Å². The number of hydrogen-bond donors (Lipinski definition) is 1. The summed E-state index contributed by atoms with van der Waals surface area (Å²) < 4.78 is 22.7. The van der Waals surface area contributed by atoms with Gasteiger partial charge in [-0.3, -0.25) is 9.59 Å². The molecule has 0 spiro atoms. The molecule has 104 valence electrons. The molecule has 1 fully saturated rings. The molecular weight excluding hydrogens is 258 g/mol. The lowest BCUT2D eigenvalue weighted by Gasteiger charge is -2.38. The summed E-state index contributed by atoms with van der Waals surface area (Å²) in [6, 6.07) is 0. The van der Waals surface area contributed by atoms with E-state index in [1.807, 2.05) is 0 Å². The number of rotatable bonds is 3. The Balaban J connectivity index is 2.86. The van der Waals surface area contributed by atoms with Gasteiger partial charge in [-0.2, -0.15) is 0 Å². The van der Waals surface area contributed by atoms with Gasteiger partial charge in [-0.25, -0.2) is 8.42 Å². The Morgan fingerprint density at radius 2 is 1.94 bits per heavy atom. The lowest BCUT2D eigenvalue weighted by atomic mass is 9.82. The van der Waals surface area contributed by atoms with Crippen LogP contribution in [0.4, 0.5) is 0 Å². The molecule has 1 heterocycles. The fraction of sp³-hybridized carbons (Fsp3) is 0.818. The zero-order valence-electron chi connectivity index (χ0n) is 10.8. The highest BCUT2D eigenvalue weighted by Gasteiger charge is 2.41. The predicted octanol–water partition coefficient (Wildman–Crippen LogP) is 0.133. The van der Waals surface area contributed by atoms with E-state index in [9.17, 15) is 18.0 Å². The van der Waals surface area contributed by atoms with Gasteiger partial charge >= 0.3 is 5.97 Å². The summed E-state index contributed by atoms with van der Waals surface area (Å²) in [5.74, 6) is -1.46. The molecule has 0 aromatic heterocycles. The van der Waals surface area contributed by atoms with Crippen LogP contribution in [0.5, 0.6) is 0 Å². The quantitative estimate of drug-likeness (QED) is 0.792. The van der Waals surface area contributed by atoms with Crippen molar-refractivity contribution in [1.29, 1.82) is 0 Å². The van der Waals surface area contributed by atoms with Crippen molar-refractivity contribution < 1.29 is 23.1 Å². The normalized spacial score (nSPS) is 26.7. The lowest BCUT2D eigenvalue weighted by molar-refractivity contribution is -0.153. The number of aliphatic carboxylic acids is 1. The maximum atomic E-state index is 12.0. The molecule has 2 atom stereocenters. The van der Waals surface area contributed by atoms with Crippen molar-refractivity contribution in [2.24, 2.45) is 5.41 Å². The first-order valence-electron chi connectivity index (χ1n) is 5.79. The molecule has 6 nitrogen and oxygen atoms in total. The predicted molar refractivity (Wildman–Crippen MR) is 65.9 cm³/mol. The smallest absolute Gasteiger partial charge is 0.311 e. The van der Waals surface area contributed by atoms with Gasteiger partial charge in [0.25, 0.3) is 0 Å². The van der Waals surface area contributed by atoms with Crippen LogP contribution in [0.1, 0.15) is 26.7 Å². The summed E-state index contributed by atoms with van der Waals surface area (Å²) in [5, 5.41) is 8.02. The van der Waals surface area contributed by atoms with Crippen molar-refractivity contribution in [1.82, 2.24) is 4.90 Å². The Morgan fingerprint density at radius 1 is 1.39 bits per heavy atom. The van der Waals surface area contributed by atoms with Gasteiger partial charge in [0.2, 0.25) is 5.91 Å². The number of carbonyl (C=O) groups is 2. The van der Waals surface area contributed by atoms with Crippen LogP contribution in [0, 0.1) is 5.41 Å². The highest BCUT2D eigenvalue weighted by molar-refractivity contribution is 7.92. The molecule has 0 aliphatic carbocycles. The van der Waals surface area contributed by atoms with Gasteiger partial charge in [-0.05, 0) is 26.7 Å². The summed E-state index contributed by atoms with van der Waals surface area (Å²) in [7, 11) is -3.45. The van der Waals surface area contributed by atoms with Crippen LogP contribution in [0.15, 0.2) is 0 Å². The second-order valence-electron chi connectivity index (χ2n) is 5.20. The SMILES string of the molecule is CC(C(=O)N1CCCC(C)(C(=O)O)C1)S(C)(=O)=O. The van der Waals surface area contributed by atoms with Crippen molar-refractivity contribution in [3.8, 4) is 0 Å². The molecular formula is C11H19NO5S. The zero-order valence-corrected chi connectivity index (χ0v) is 11.7. The number of carbonyl (C=O) groups excluding carboxylic acids is 1. The fourth-order valence-corrected chi connectivity index (χ4v) is 2.56. The van der Waals surface area contributed by atoms with Gasteiger partial charge < -0.3 is 10.0 Å². The maximum absolute atomic E-state index is 12.0. The average Bonchev–Trinajstić information content (AvgIpc) is 2.25. The van der Waals surface area contributed by atoms with Gasteiger partial charge in [0, 0.05) is 19.3 Å². The van der Waals surface area contributed by atoms with E-state index in [2.05, 4.69) is 0 Å². The first kappa shape index (κ1) is 14.9. The van der Waals surface area contributed by atoms with Gasteiger partial charge in [-0.15, -0.1) is 0 Å². The number of amides is 1. The molecule has 1 N–H and O–H groups in total. The van der Waals surface area contributed by atoms with Crippen LogP contribution in [-0.2, 0) is 19.4 Å². The Labute approximate surface area is 107 Å². The zero-order chi connectivity index (χ0) is 14.1. The number of carboxylic acid groups (broad SMARTS) is 1. The van der Waals surface area contributed by atoms with Crippen molar-refractivity contribution in [2.45, 2.75) is 31.9 Å². The van der Waals surface area contributed by atoms with Gasteiger partial charge in [0.1, 0.15) is 5.25 Å². The summed E-state index contributed by atoms with van der Waals surface area (Å²) in [6.45, 7) is 3.41. The largest absolute Gasteiger partial charge is 0.481 e. The molecule has 0 aromatic rings. The van der Waals surface area contributed by atoms with E-state index in [0.29, 0.717) is 19.4 Å². The van der Waals surface area contributed by atoms with Gasteiger partial charge in [-0.1, -0.05) is 0 Å². The number of piperidine rings is 1. The molecule has 0 radical (unpaired) electrons. The third-order valence-corrected chi connectivity index (χ3v) is 5.00. The first-order valence-corrected chi connectivity index (χ1v) is 7.74. The van der Waals surface area contributed by atoms with Crippen molar-refractivity contribution in [2.75, 3.05) is 19.3 Å². The molecule has 7 heteroatoms. The van der Waals surface area contributed by atoms with Crippen molar-refractivity contribution >= 4 is 21.7 Å². The number of nitrogens with zero attached hydrogens (tertiary/aromatic N) is 1. The number of sulfone groups is 1. The molecule has 0 aromatic carbocycles. The summed E-state index contributed by atoms with van der Waals surface area (Å²) in [5.41, 5.74) is -0.981. The van der Waals surface area contributed by atoms with Crippen LogP contribution in [0.3, 0.4) is 0 Å². The summed E-state index contributed by atoms with van der Waals surface area (Å²) in [4.78, 5) is 24.5. The van der Waals surface area contributed by atoms with E-state index in [1.54, 1.807) is 6.92 Å². The molecule has 0 saturated carbocycles. The minimum absolute atomic E-state index is 0.0705. The Hall–Kier alpha value is -1.11. The highest BCUT2D eigenvalue weighted by Crippen LogP contribution is 2.30. The number of likely N-dealkylation sites (tertiary alicyclic amines) is 1. The van der Waals surface area contributed by atoms with E-state index in [4.69, 9.17) is 5.11 Å². The average molecular weight is 277 g/mol. The van der Waals surface area contributed by atoms with E-state index < -0.39 is 32.4 Å². The molecule has 1 aliphatic heterocycles. The van der Waals surface area contributed by atoms with E-state index in [0.717, 1.165) is 6.26 Å². The van der Waals surface area contributed by atoms with Crippen LogP contribution in [-0.4, -0.2) is 54.9 Å². The maximum Gasteiger partial charge on any atom is 0.311 e. The molecule has 0 bridgehead atoms. The topological polar surface area (TPSA) is 91.8 Å². The third-order valence-electron chi connectivity index (χ3n) is 3.51. The molecule has 1 aliphatic rings. The van der Waals surface area contributed by atoms with E-state index >= 15 is 0 Å². The summed E-state index contributed by atoms with van der Waals surface area (Å²) >= 11 is 0. The highest BCUT2D eigenvalue weighted by atomic mass is 32.2.